The van der Waals surface area contributed by atoms with E-state index in [1.54, 1.807) is 6.07 Å². The molecule has 0 heterocycles. The molecule has 0 aliphatic carbocycles. The minimum absolute atomic E-state index is 0.0602. The Bertz CT molecular complexity index is 684. The van der Waals surface area contributed by atoms with Gasteiger partial charge in [0.1, 0.15) is 35.4 Å². The molecule has 2 rings (SSSR count). The van der Waals surface area contributed by atoms with Gasteiger partial charge in [-0.1, -0.05) is 12.1 Å². The zero-order valence-electron chi connectivity index (χ0n) is 12.1. The molecule has 3 N–H and O–H groups in total. The molecule has 0 aromatic heterocycles. The van der Waals surface area contributed by atoms with E-state index in [9.17, 15) is 18.0 Å². The lowest BCUT2D eigenvalue weighted by molar-refractivity contribution is 0.0946. The van der Waals surface area contributed by atoms with E-state index in [1.807, 2.05) is 0 Å². The summed E-state index contributed by atoms with van der Waals surface area (Å²) in [6.07, 6.45) is 0. The highest BCUT2D eigenvalue weighted by molar-refractivity contribution is 5.94. The highest BCUT2D eigenvalue weighted by atomic mass is 19.1. The van der Waals surface area contributed by atoms with Gasteiger partial charge in [0, 0.05) is 25.2 Å². The second-order valence-corrected chi connectivity index (χ2v) is 4.73. The van der Waals surface area contributed by atoms with Crippen LogP contribution in [-0.2, 0) is 6.61 Å². The predicted molar refractivity (Wildman–Crippen MR) is 78.5 cm³/mol. The van der Waals surface area contributed by atoms with E-state index >= 15 is 0 Å². The number of ether oxygens (including phenoxy) is 1. The summed E-state index contributed by atoms with van der Waals surface area (Å²) in [6, 6.07) is 7.45. The summed E-state index contributed by atoms with van der Waals surface area (Å²) >= 11 is 0. The molecule has 23 heavy (non-hydrogen) atoms. The van der Waals surface area contributed by atoms with Crippen molar-refractivity contribution in [2.45, 2.75) is 6.61 Å². The van der Waals surface area contributed by atoms with Crippen molar-refractivity contribution in [2.75, 3.05) is 13.1 Å². The van der Waals surface area contributed by atoms with E-state index in [1.165, 1.54) is 18.2 Å². The van der Waals surface area contributed by atoms with Crippen molar-refractivity contribution in [1.82, 2.24) is 5.32 Å². The van der Waals surface area contributed by atoms with Gasteiger partial charge in [0.25, 0.3) is 5.91 Å². The van der Waals surface area contributed by atoms with Crippen molar-refractivity contribution in [3.63, 3.8) is 0 Å². The predicted octanol–water partition coefficient (Wildman–Crippen LogP) is 2.37. The number of nitrogens with one attached hydrogen (secondary N) is 1. The number of hydrogen-bond donors (Lipinski definition) is 2. The minimum Gasteiger partial charge on any atom is -0.489 e. The molecule has 2 aromatic rings. The summed E-state index contributed by atoms with van der Waals surface area (Å²) < 4.78 is 46.1. The van der Waals surface area contributed by atoms with Crippen molar-refractivity contribution >= 4 is 5.91 Å². The van der Waals surface area contributed by atoms with Gasteiger partial charge < -0.3 is 15.8 Å². The fourth-order valence-electron chi connectivity index (χ4n) is 1.92. The number of rotatable bonds is 6. The van der Waals surface area contributed by atoms with E-state index in [0.717, 1.165) is 12.1 Å². The van der Waals surface area contributed by atoms with Gasteiger partial charge in [-0.05, 0) is 17.7 Å². The van der Waals surface area contributed by atoms with Crippen molar-refractivity contribution in [2.24, 2.45) is 5.73 Å². The molecule has 0 radical (unpaired) electrons. The van der Waals surface area contributed by atoms with Crippen LogP contribution < -0.4 is 15.8 Å². The lowest BCUT2D eigenvalue weighted by Gasteiger charge is -2.10. The SMILES string of the molecule is NCCNC(=O)c1c(F)cc(OCc2cccc(F)c2)cc1F. The van der Waals surface area contributed by atoms with Crippen molar-refractivity contribution in [1.29, 1.82) is 0 Å². The average Bonchev–Trinajstić information content (AvgIpc) is 2.50. The van der Waals surface area contributed by atoms with Crippen LogP contribution in [0.3, 0.4) is 0 Å². The van der Waals surface area contributed by atoms with Gasteiger partial charge in [-0.25, -0.2) is 13.2 Å². The van der Waals surface area contributed by atoms with Gasteiger partial charge in [0.15, 0.2) is 0 Å². The fourth-order valence-corrected chi connectivity index (χ4v) is 1.92. The highest BCUT2D eigenvalue weighted by Crippen LogP contribution is 2.21. The maximum atomic E-state index is 13.9. The summed E-state index contributed by atoms with van der Waals surface area (Å²) in [5.74, 6) is -3.51. The maximum Gasteiger partial charge on any atom is 0.257 e. The fraction of sp³-hybridized carbons (Fsp3) is 0.188. The van der Waals surface area contributed by atoms with Crippen LogP contribution in [0.5, 0.6) is 5.75 Å². The number of amides is 1. The van der Waals surface area contributed by atoms with Gasteiger partial charge in [-0.2, -0.15) is 0 Å². The number of nitrogens with two attached hydrogens (primary N) is 1. The Kier molecular flexibility index (Phi) is 5.59. The second kappa shape index (κ2) is 7.64. The van der Waals surface area contributed by atoms with E-state index in [2.05, 4.69) is 5.32 Å². The Balaban J connectivity index is 2.11. The van der Waals surface area contributed by atoms with Crippen LogP contribution in [0.2, 0.25) is 0 Å². The number of benzene rings is 2. The topological polar surface area (TPSA) is 64.3 Å². The first-order valence-electron chi connectivity index (χ1n) is 6.86. The second-order valence-electron chi connectivity index (χ2n) is 4.73. The van der Waals surface area contributed by atoms with Crippen LogP contribution in [0, 0.1) is 17.5 Å². The third-order valence-electron chi connectivity index (χ3n) is 2.97. The van der Waals surface area contributed by atoms with E-state index < -0.39 is 28.9 Å². The molecular weight excluding hydrogens is 309 g/mol. The third-order valence-corrected chi connectivity index (χ3v) is 2.97. The van der Waals surface area contributed by atoms with Crippen LogP contribution in [0.25, 0.3) is 0 Å². The van der Waals surface area contributed by atoms with Gasteiger partial charge in [0.2, 0.25) is 0 Å². The van der Waals surface area contributed by atoms with Gasteiger partial charge in [0.05, 0.1) is 0 Å². The summed E-state index contributed by atoms with van der Waals surface area (Å²) in [5.41, 5.74) is 5.02. The number of hydrogen-bond acceptors (Lipinski definition) is 3. The first-order chi connectivity index (χ1) is 11.0. The van der Waals surface area contributed by atoms with Gasteiger partial charge >= 0.3 is 0 Å². The quantitative estimate of drug-likeness (QED) is 0.857. The summed E-state index contributed by atoms with van der Waals surface area (Å²) in [4.78, 5) is 11.6. The van der Waals surface area contributed by atoms with Crippen molar-refractivity contribution in [3.05, 3.63) is 65.0 Å². The summed E-state index contributed by atoms with van der Waals surface area (Å²) in [6.45, 7) is 0.203. The van der Waals surface area contributed by atoms with E-state index in [-0.39, 0.29) is 25.4 Å². The van der Waals surface area contributed by atoms with Crippen LogP contribution >= 0.6 is 0 Å². The number of carbonyl (C=O) groups is 1. The number of halogens is 3. The molecule has 4 nitrogen and oxygen atoms in total. The molecule has 0 bridgehead atoms. The summed E-state index contributed by atoms with van der Waals surface area (Å²) in [5, 5.41) is 2.29. The van der Waals surface area contributed by atoms with Crippen molar-refractivity contribution < 1.29 is 22.7 Å². The highest BCUT2D eigenvalue weighted by Gasteiger charge is 2.18. The molecule has 1 amide bonds. The zero-order chi connectivity index (χ0) is 16.8. The molecular formula is C16H15F3N2O2. The Morgan fingerprint density at radius 1 is 1.13 bits per heavy atom. The van der Waals surface area contributed by atoms with Crippen LogP contribution in [0.15, 0.2) is 36.4 Å². The zero-order valence-corrected chi connectivity index (χ0v) is 12.1. The third kappa shape index (κ3) is 4.46. The molecule has 0 unspecified atom stereocenters. The Morgan fingerprint density at radius 2 is 1.83 bits per heavy atom. The van der Waals surface area contributed by atoms with Gasteiger partial charge in [-0.3, -0.25) is 4.79 Å². The van der Waals surface area contributed by atoms with Gasteiger partial charge in [-0.15, -0.1) is 0 Å². The van der Waals surface area contributed by atoms with Crippen LogP contribution in [-0.4, -0.2) is 19.0 Å². The molecule has 0 saturated carbocycles. The normalized spacial score (nSPS) is 10.4. The Hall–Kier alpha value is -2.54. The molecule has 0 atom stereocenters. The molecule has 0 saturated heterocycles. The molecule has 122 valence electrons. The van der Waals surface area contributed by atoms with Crippen LogP contribution in [0.1, 0.15) is 15.9 Å². The van der Waals surface area contributed by atoms with Crippen molar-refractivity contribution in [3.8, 4) is 5.75 Å². The monoisotopic (exact) mass is 324 g/mol. The molecule has 0 aliphatic heterocycles. The first kappa shape index (κ1) is 16.8. The minimum atomic E-state index is -1.05. The standard InChI is InChI=1S/C16H15F3N2O2/c17-11-3-1-2-10(6-11)9-23-12-7-13(18)15(14(19)8-12)16(22)21-5-4-20/h1-3,6-8H,4-5,9,20H2,(H,21,22). The molecule has 0 aliphatic rings. The maximum absolute atomic E-state index is 13.9. The lowest BCUT2D eigenvalue weighted by atomic mass is 10.1. The smallest absolute Gasteiger partial charge is 0.257 e. The first-order valence-corrected chi connectivity index (χ1v) is 6.86. The molecule has 2 aromatic carbocycles. The van der Waals surface area contributed by atoms with Crippen LogP contribution in [0.4, 0.5) is 13.2 Å². The lowest BCUT2D eigenvalue weighted by Crippen LogP contribution is -2.30. The number of carbonyl (C=O) groups excluding carboxylic acids is 1. The average molecular weight is 324 g/mol. The Morgan fingerprint density at radius 3 is 2.43 bits per heavy atom. The van der Waals surface area contributed by atoms with E-state index in [4.69, 9.17) is 10.5 Å². The van der Waals surface area contributed by atoms with E-state index in [0.29, 0.717) is 5.56 Å². The molecule has 7 heteroatoms. The Labute approximate surface area is 131 Å². The summed E-state index contributed by atoms with van der Waals surface area (Å²) in [7, 11) is 0. The molecule has 0 spiro atoms. The molecule has 0 fully saturated rings. The largest absolute Gasteiger partial charge is 0.489 e.